The summed E-state index contributed by atoms with van der Waals surface area (Å²) in [4.78, 5) is 0. The lowest BCUT2D eigenvalue weighted by Gasteiger charge is -2.30. The predicted molar refractivity (Wildman–Crippen MR) is 153 cm³/mol. The molecule has 0 saturated heterocycles. The van der Waals surface area contributed by atoms with Crippen LogP contribution in [0.4, 0.5) is 0 Å². The molecule has 30 heavy (non-hydrogen) atoms. The molecule has 0 saturated carbocycles. The highest BCUT2D eigenvalue weighted by Crippen LogP contribution is 2.24. The van der Waals surface area contributed by atoms with Crippen molar-refractivity contribution in [3.63, 3.8) is 0 Å². The molecule has 4 heteroatoms. The van der Waals surface area contributed by atoms with E-state index in [0.29, 0.717) is 0 Å². The van der Waals surface area contributed by atoms with Crippen LogP contribution in [0.5, 0.6) is 0 Å². The van der Waals surface area contributed by atoms with Crippen LogP contribution in [0.2, 0.25) is 78.6 Å². The van der Waals surface area contributed by atoms with Crippen LogP contribution in [-0.4, -0.2) is 32.3 Å². The highest BCUT2D eigenvalue weighted by Gasteiger charge is 2.29. The molecule has 0 aliphatic carbocycles. The molecule has 0 aromatic heterocycles. The van der Waals surface area contributed by atoms with E-state index in [1.807, 2.05) is 0 Å². The lowest BCUT2D eigenvalue weighted by molar-refractivity contribution is 1.68. The second-order valence-electron chi connectivity index (χ2n) is 13.3. The molecular weight excluding hydrogens is 425 g/mol. The Labute approximate surface area is 189 Å². The van der Waals surface area contributed by atoms with Crippen molar-refractivity contribution in [1.29, 1.82) is 0 Å². The second-order valence-corrected chi connectivity index (χ2v) is 33.5. The van der Waals surface area contributed by atoms with Crippen molar-refractivity contribution in [3.8, 4) is 0 Å². The molecule has 0 bridgehead atoms. The summed E-state index contributed by atoms with van der Waals surface area (Å²) in [5.74, 6) is 0. The van der Waals surface area contributed by atoms with Crippen molar-refractivity contribution in [1.82, 2.24) is 0 Å². The van der Waals surface area contributed by atoms with Gasteiger partial charge in [-0.25, -0.2) is 0 Å². The van der Waals surface area contributed by atoms with Crippen molar-refractivity contribution in [2.45, 2.75) is 78.6 Å². The van der Waals surface area contributed by atoms with Gasteiger partial charge in [0.25, 0.3) is 0 Å². The van der Waals surface area contributed by atoms with Gasteiger partial charge in [-0.3, -0.25) is 0 Å². The largest absolute Gasteiger partial charge is 0.0774 e. The van der Waals surface area contributed by atoms with Crippen LogP contribution in [-0.2, 0) is 0 Å². The highest BCUT2D eigenvalue weighted by molar-refractivity contribution is 6.99. The molecular formula is C26H42Si4. The number of hydrogen-bond acceptors (Lipinski definition) is 0. The molecule has 0 unspecified atom stereocenters. The minimum atomic E-state index is -1.40. The first-order chi connectivity index (χ1) is 13.4. The number of fused-ring (bicyclic) bond motifs is 2. The van der Waals surface area contributed by atoms with E-state index in [9.17, 15) is 0 Å². The van der Waals surface area contributed by atoms with Gasteiger partial charge in [-0.1, -0.05) is 124 Å². The monoisotopic (exact) mass is 466 g/mol. The zero-order valence-corrected chi connectivity index (χ0v) is 25.5. The summed E-state index contributed by atoms with van der Waals surface area (Å²) in [5.41, 5.74) is 0. The van der Waals surface area contributed by atoms with Crippen molar-refractivity contribution < 1.29 is 0 Å². The van der Waals surface area contributed by atoms with Crippen LogP contribution >= 0.6 is 0 Å². The molecule has 0 N–H and O–H groups in total. The standard InChI is InChI=1S/C26H42Si4/c1-27(2,3)23-15-19-13-21-17-25(29(7,8)9)26(30(10,11)12)18-22(21)14-20(19)16-24(23)28(4,5)6/h13-18H,1-12H3. The Hall–Kier alpha value is -0.952. The number of benzene rings is 3. The minimum Gasteiger partial charge on any atom is -0.0656 e. The lowest BCUT2D eigenvalue weighted by atomic mass is 10.0. The third kappa shape index (κ3) is 4.62. The predicted octanol–water partition coefficient (Wildman–Crippen LogP) is 6.17. The van der Waals surface area contributed by atoms with E-state index in [1.165, 1.54) is 21.5 Å². The van der Waals surface area contributed by atoms with E-state index in [2.05, 4.69) is 115 Å². The van der Waals surface area contributed by atoms with Gasteiger partial charge in [0.2, 0.25) is 0 Å². The van der Waals surface area contributed by atoms with Gasteiger partial charge < -0.3 is 0 Å². The molecule has 0 spiro atoms. The highest BCUT2D eigenvalue weighted by atomic mass is 28.3. The third-order valence-electron chi connectivity index (χ3n) is 6.30. The van der Waals surface area contributed by atoms with Gasteiger partial charge in [-0.05, 0) is 33.7 Å². The maximum Gasteiger partial charge on any atom is 0.0774 e. The van der Waals surface area contributed by atoms with Crippen LogP contribution in [0.1, 0.15) is 0 Å². The smallest absolute Gasteiger partial charge is 0.0656 e. The second kappa shape index (κ2) is 7.29. The van der Waals surface area contributed by atoms with Gasteiger partial charge in [0.05, 0.1) is 32.3 Å². The average Bonchev–Trinajstić information content (AvgIpc) is 2.54. The average molecular weight is 467 g/mol. The first-order valence-corrected chi connectivity index (χ1v) is 25.5. The van der Waals surface area contributed by atoms with Crippen molar-refractivity contribution in [2.24, 2.45) is 0 Å². The van der Waals surface area contributed by atoms with E-state index >= 15 is 0 Å². The van der Waals surface area contributed by atoms with Gasteiger partial charge in [0.1, 0.15) is 0 Å². The fraction of sp³-hybridized carbons (Fsp3) is 0.462. The Kier molecular flexibility index (Phi) is 5.76. The SMILES string of the molecule is C[Si](C)(C)c1cc2cc3cc([Si](C)(C)C)c([Si](C)(C)C)cc3cc2cc1[Si](C)(C)C. The maximum absolute atomic E-state index is 2.56. The molecule has 3 aromatic rings. The summed E-state index contributed by atoms with van der Waals surface area (Å²) in [5, 5.41) is 12.5. The van der Waals surface area contributed by atoms with Gasteiger partial charge >= 0.3 is 0 Å². The number of rotatable bonds is 4. The summed E-state index contributed by atoms with van der Waals surface area (Å²) in [6.45, 7) is 30.0. The zero-order chi connectivity index (χ0) is 22.9. The topological polar surface area (TPSA) is 0 Å². The van der Waals surface area contributed by atoms with Gasteiger partial charge in [0.15, 0.2) is 0 Å². The maximum atomic E-state index is 2.56. The molecule has 0 aliphatic rings. The van der Waals surface area contributed by atoms with Gasteiger partial charge in [0, 0.05) is 0 Å². The van der Waals surface area contributed by atoms with E-state index in [4.69, 9.17) is 0 Å². The van der Waals surface area contributed by atoms with Crippen molar-refractivity contribution >= 4 is 74.6 Å². The molecule has 0 amide bonds. The van der Waals surface area contributed by atoms with Crippen LogP contribution in [0.3, 0.4) is 0 Å². The fourth-order valence-electron chi connectivity index (χ4n) is 4.58. The summed E-state index contributed by atoms with van der Waals surface area (Å²) in [6.07, 6.45) is 0. The molecule has 0 nitrogen and oxygen atoms in total. The molecule has 0 aliphatic heterocycles. The fourth-order valence-corrected chi connectivity index (χ4v) is 15.0. The molecule has 0 fully saturated rings. The minimum absolute atomic E-state index is 1.40. The van der Waals surface area contributed by atoms with Crippen LogP contribution in [0.25, 0.3) is 21.5 Å². The van der Waals surface area contributed by atoms with E-state index < -0.39 is 32.3 Å². The van der Waals surface area contributed by atoms with Gasteiger partial charge in [-0.2, -0.15) is 0 Å². The zero-order valence-electron chi connectivity index (χ0n) is 21.5. The van der Waals surface area contributed by atoms with Crippen molar-refractivity contribution in [3.05, 3.63) is 36.4 Å². The summed E-state index contributed by atoms with van der Waals surface area (Å²) in [6, 6.07) is 15.2. The third-order valence-corrected chi connectivity index (χ3v) is 14.9. The molecule has 162 valence electrons. The summed E-state index contributed by atoms with van der Waals surface area (Å²) < 4.78 is 0. The number of hydrogen-bond donors (Lipinski definition) is 0. The molecule has 0 atom stereocenters. The molecule has 0 heterocycles. The molecule has 0 radical (unpaired) electrons. The Bertz CT molecular complexity index is 938. The van der Waals surface area contributed by atoms with Gasteiger partial charge in [-0.15, -0.1) is 0 Å². The summed E-state index contributed by atoms with van der Waals surface area (Å²) >= 11 is 0. The van der Waals surface area contributed by atoms with E-state index in [1.54, 1.807) is 20.7 Å². The van der Waals surface area contributed by atoms with Crippen LogP contribution < -0.4 is 20.7 Å². The van der Waals surface area contributed by atoms with Crippen LogP contribution in [0.15, 0.2) is 36.4 Å². The lowest BCUT2D eigenvalue weighted by Crippen LogP contribution is -2.56. The van der Waals surface area contributed by atoms with Crippen LogP contribution in [0, 0.1) is 0 Å². The first kappa shape index (κ1) is 23.7. The Balaban J connectivity index is 2.42. The normalized spacial score (nSPS) is 14.0. The molecule has 3 aromatic carbocycles. The Morgan fingerprint density at radius 2 is 0.467 bits per heavy atom. The van der Waals surface area contributed by atoms with E-state index in [-0.39, 0.29) is 0 Å². The first-order valence-electron chi connectivity index (χ1n) is 11.5. The Morgan fingerprint density at radius 3 is 0.600 bits per heavy atom. The van der Waals surface area contributed by atoms with Crippen molar-refractivity contribution in [2.75, 3.05) is 0 Å². The van der Waals surface area contributed by atoms with E-state index in [0.717, 1.165) is 0 Å². The summed E-state index contributed by atoms with van der Waals surface area (Å²) in [7, 11) is -5.60. The Morgan fingerprint density at radius 1 is 0.300 bits per heavy atom. The quantitative estimate of drug-likeness (QED) is 0.318. The molecule has 3 rings (SSSR count).